The van der Waals surface area contributed by atoms with Crippen molar-refractivity contribution in [2.45, 2.75) is 48.4 Å². The number of sulfonamides is 1. The van der Waals surface area contributed by atoms with Crippen molar-refractivity contribution in [2.24, 2.45) is 11.8 Å². The highest BCUT2D eigenvalue weighted by molar-refractivity contribution is 7.92. The second kappa shape index (κ2) is 9.88. The van der Waals surface area contributed by atoms with Gasteiger partial charge in [0.25, 0.3) is 5.91 Å². The highest BCUT2D eigenvalue weighted by atomic mass is 35.5. The maximum atomic E-state index is 13.9. The van der Waals surface area contributed by atoms with Gasteiger partial charge in [-0.2, -0.15) is 0 Å². The molecule has 2 aliphatic rings. The Kier molecular flexibility index (Phi) is 7.45. The Morgan fingerprint density at radius 2 is 1.73 bits per heavy atom. The number of sulfone groups is 1. The third-order valence-corrected chi connectivity index (χ3v) is 10.8. The van der Waals surface area contributed by atoms with Gasteiger partial charge in [0.2, 0.25) is 10.0 Å². The SMILES string of the molecule is Cc1c(NC(=O)c2ccc(Cl)c(S(=O)(=O)[C@@H]3CC4CC[C@@H](C3)[C@@]4(O)CNS(C)(=O)=O)c2)ccc(F)c1F. The number of benzene rings is 2. The number of fused-ring (bicyclic) bond motifs is 2. The molecule has 2 aromatic rings. The molecule has 0 aliphatic heterocycles. The fraction of sp³-hybridized carbons (Fsp3) is 0.458. The second-order valence-electron chi connectivity index (χ2n) is 9.83. The molecule has 1 amide bonds. The molecular formula is C24H27ClF2N2O6S2. The van der Waals surface area contributed by atoms with E-state index in [1.807, 2.05) is 0 Å². The van der Waals surface area contributed by atoms with Crippen LogP contribution in [-0.4, -0.2) is 51.5 Å². The average molecular weight is 577 g/mol. The van der Waals surface area contributed by atoms with E-state index < -0.39 is 60.1 Å². The Bertz CT molecular complexity index is 1450. The molecule has 2 saturated carbocycles. The Morgan fingerprint density at radius 1 is 1.11 bits per heavy atom. The van der Waals surface area contributed by atoms with E-state index in [2.05, 4.69) is 10.0 Å². The van der Waals surface area contributed by atoms with Crippen LogP contribution in [0.2, 0.25) is 5.02 Å². The van der Waals surface area contributed by atoms with Crippen LogP contribution in [0.1, 0.15) is 41.6 Å². The first-order valence-corrected chi connectivity index (χ1v) is 15.4. The number of hydrogen-bond acceptors (Lipinski definition) is 6. The molecule has 37 heavy (non-hydrogen) atoms. The predicted molar refractivity (Wildman–Crippen MR) is 135 cm³/mol. The highest BCUT2D eigenvalue weighted by Gasteiger charge is 2.55. The summed E-state index contributed by atoms with van der Waals surface area (Å²) in [4.78, 5) is 12.6. The van der Waals surface area contributed by atoms with Crippen molar-refractivity contribution in [3.05, 3.63) is 58.1 Å². The molecule has 202 valence electrons. The Balaban J connectivity index is 1.57. The second-order valence-corrected chi connectivity index (χ2v) is 14.3. The summed E-state index contributed by atoms with van der Waals surface area (Å²) in [6, 6.07) is 5.84. The molecule has 1 unspecified atom stereocenters. The van der Waals surface area contributed by atoms with E-state index in [0.717, 1.165) is 18.4 Å². The van der Waals surface area contributed by atoms with Crippen LogP contribution in [0.5, 0.6) is 0 Å². The molecule has 4 atom stereocenters. The zero-order valence-electron chi connectivity index (χ0n) is 20.1. The van der Waals surface area contributed by atoms with Crippen molar-refractivity contribution in [1.82, 2.24) is 4.72 Å². The lowest BCUT2D eigenvalue weighted by Crippen LogP contribution is -2.54. The van der Waals surface area contributed by atoms with Crippen molar-refractivity contribution >= 4 is 43.1 Å². The number of rotatable bonds is 7. The first-order valence-electron chi connectivity index (χ1n) is 11.6. The molecule has 3 N–H and O–H groups in total. The summed E-state index contributed by atoms with van der Waals surface area (Å²) in [7, 11) is -7.57. The highest BCUT2D eigenvalue weighted by Crippen LogP contribution is 2.52. The number of nitrogens with one attached hydrogen (secondary N) is 2. The van der Waals surface area contributed by atoms with E-state index in [0.29, 0.717) is 12.8 Å². The van der Waals surface area contributed by atoms with E-state index >= 15 is 0 Å². The summed E-state index contributed by atoms with van der Waals surface area (Å²) in [6.45, 7) is 1.11. The van der Waals surface area contributed by atoms with Crippen LogP contribution in [0.3, 0.4) is 0 Å². The minimum atomic E-state index is -4.03. The van der Waals surface area contributed by atoms with Gasteiger partial charge >= 0.3 is 0 Å². The van der Waals surface area contributed by atoms with Gasteiger partial charge < -0.3 is 10.4 Å². The molecule has 2 fully saturated rings. The number of aliphatic hydroxyl groups is 1. The molecule has 2 aliphatic carbocycles. The van der Waals surface area contributed by atoms with Gasteiger partial charge in [0.1, 0.15) is 0 Å². The van der Waals surface area contributed by atoms with E-state index in [1.165, 1.54) is 25.1 Å². The smallest absolute Gasteiger partial charge is 0.255 e. The summed E-state index contributed by atoms with van der Waals surface area (Å²) >= 11 is 6.24. The third-order valence-electron chi connectivity index (χ3n) is 7.52. The first-order chi connectivity index (χ1) is 17.1. The van der Waals surface area contributed by atoms with Gasteiger partial charge in [0.15, 0.2) is 21.5 Å². The molecule has 4 rings (SSSR count). The van der Waals surface area contributed by atoms with Gasteiger partial charge in [-0.25, -0.2) is 30.3 Å². The first kappa shape index (κ1) is 27.9. The number of hydrogen-bond donors (Lipinski definition) is 3. The molecule has 13 heteroatoms. The van der Waals surface area contributed by atoms with Crippen LogP contribution < -0.4 is 10.0 Å². The lowest BCUT2D eigenvalue weighted by Gasteiger charge is -2.42. The number of carbonyl (C=O) groups excluding carboxylic acids is 1. The summed E-state index contributed by atoms with van der Waals surface area (Å²) in [5.41, 5.74) is -1.46. The van der Waals surface area contributed by atoms with Gasteiger partial charge in [-0.1, -0.05) is 11.6 Å². The molecule has 0 aromatic heterocycles. The van der Waals surface area contributed by atoms with Crippen LogP contribution in [0.15, 0.2) is 35.2 Å². The molecule has 0 heterocycles. The lowest BCUT2D eigenvalue weighted by atomic mass is 9.74. The molecule has 0 saturated heterocycles. The number of carbonyl (C=O) groups is 1. The topological polar surface area (TPSA) is 130 Å². The third kappa shape index (κ3) is 5.40. The van der Waals surface area contributed by atoms with Crippen molar-refractivity contribution in [3.63, 3.8) is 0 Å². The quantitative estimate of drug-likeness (QED) is 0.463. The van der Waals surface area contributed by atoms with Crippen molar-refractivity contribution in [1.29, 1.82) is 0 Å². The van der Waals surface area contributed by atoms with Crippen LogP contribution in [0.4, 0.5) is 14.5 Å². The van der Waals surface area contributed by atoms with Gasteiger partial charge in [0.05, 0.1) is 27.0 Å². The fourth-order valence-electron chi connectivity index (χ4n) is 5.42. The molecule has 0 radical (unpaired) electrons. The summed E-state index contributed by atoms with van der Waals surface area (Å²) in [5.74, 6) is -3.75. The van der Waals surface area contributed by atoms with Gasteiger partial charge in [-0.05, 0) is 74.8 Å². The maximum Gasteiger partial charge on any atom is 0.255 e. The van der Waals surface area contributed by atoms with Crippen LogP contribution in [-0.2, 0) is 19.9 Å². The van der Waals surface area contributed by atoms with Gasteiger partial charge in [-0.15, -0.1) is 0 Å². The maximum absolute atomic E-state index is 13.9. The molecule has 2 bridgehead atoms. The Labute approximate surface area is 219 Å². The molecule has 0 spiro atoms. The molecule has 2 aromatic carbocycles. The minimum Gasteiger partial charge on any atom is -0.388 e. The molecular weight excluding hydrogens is 550 g/mol. The fourth-order valence-corrected chi connectivity index (χ4v) is 8.32. The number of halogens is 3. The average Bonchev–Trinajstić information content (AvgIpc) is 2.98. The van der Waals surface area contributed by atoms with Crippen LogP contribution in [0.25, 0.3) is 0 Å². The minimum absolute atomic E-state index is 0.0362. The van der Waals surface area contributed by atoms with Gasteiger partial charge in [0, 0.05) is 23.4 Å². The predicted octanol–water partition coefficient (Wildman–Crippen LogP) is 3.42. The summed E-state index contributed by atoms with van der Waals surface area (Å²) in [6.07, 6.45) is 2.33. The van der Waals surface area contributed by atoms with Crippen LogP contribution >= 0.6 is 11.6 Å². The van der Waals surface area contributed by atoms with E-state index in [1.54, 1.807) is 0 Å². The summed E-state index contributed by atoms with van der Waals surface area (Å²) in [5, 5.41) is 12.7. The summed E-state index contributed by atoms with van der Waals surface area (Å²) < 4.78 is 80.0. The van der Waals surface area contributed by atoms with E-state index in [9.17, 15) is 35.5 Å². The lowest BCUT2D eigenvalue weighted by molar-refractivity contribution is -0.0525. The monoisotopic (exact) mass is 576 g/mol. The van der Waals surface area contributed by atoms with Crippen molar-refractivity contribution < 1.29 is 35.5 Å². The standard InChI is InChI=1S/C24H27ClF2N2O6S2/c1-13-20(8-7-19(26)22(13)27)29-23(30)14-3-6-18(25)21(9-14)37(34,35)17-10-15-4-5-16(11-17)24(15,31)12-28-36(2,32)33/h3,6-9,15-17,28,31H,4-5,10-12H2,1-2H3,(H,29,30)/t15-,16?,17-,24-/m0/s1. The Morgan fingerprint density at radius 3 is 2.32 bits per heavy atom. The Hall–Kier alpha value is -2.12. The zero-order valence-corrected chi connectivity index (χ0v) is 22.5. The number of amides is 1. The normalized spacial score (nSPS) is 25.7. The van der Waals surface area contributed by atoms with Crippen molar-refractivity contribution in [3.8, 4) is 0 Å². The van der Waals surface area contributed by atoms with Gasteiger partial charge in [-0.3, -0.25) is 4.79 Å². The van der Waals surface area contributed by atoms with Crippen molar-refractivity contribution in [2.75, 3.05) is 18.1 Å². The van der Waals surface area contributed by atoms with E-state index in [-0.39, 0.29) is 46.1 Å². The number of anilines is 1. The van der Waals surface area contributed by atoms with Crippen LogP contribution in [0, 0.1) is 30.4 Å². The molecule has 8 nitrogen and oxygen atoms in total. The zero-order chi connectivity index (χ0) is 27.3. The van der Waals surface area contributed by atoms with E-state index in [4.69, 9.17) is 11.6 Å². The largest absolute Gasteiger partial charge is 0.388 e.